The molecular weight excluding hydrogens is 392 g/mol. The van der Waals surface area contributed by atoms with Crippen molar-refractivity contribution in [1.29, 1.82) is 0 Å². The second kappa shape index (κ2) is 8.23. The van der Waals surface area contributed by atoms with Crippen molar-refractivity contribution in [3.05, 3.63) is 58.8 Å². The second-order valence-corrected chi connectivity index (χ2v) is 8.72. The minimum absolute atomic E-state index is 0.0314. The maximum atomic E-state index is 13.6. The average molecular weight is 421 g/mol. The van der Waals surface area contributed by atoms with Gasteiger partial charge >= 0.3 is 0 Å². The molecule has 0 radical (unpaired) electrons. The van der Waals surface area contributed by atoms with E-state index in [9.17, 15) is 9.59 Å². The number of hydrogen-bond donors (Lipinski definition) is 1. The summed E-state index contributed by atoms with van der Waals surface area (Å²) in [5.74, 6) is 0.437. The third-order valence-electron chi connectivity index (χ3n) is 5.82. The average Bonchev–Trinajstić information content (AvgIpc) is 3.04. The van der Waals surface area contributed by atoms with Crippen LogP contribution >= 0.6 is 0 Å². The number of rotatable bonds is 4. The number of nitrogens with one attached hydrogen (secondary N) is 1. The number of ketones is 1. The molecule has 0 spiro atoms. The van der Waals surface area contributed by atoms with Crippen molar-refractivity contribution in [3.8, 4) is 0 Å². The van der Waals surface area contributed by atoms with Gasteiger partial charge in [0.05, 0.1) is 6.04 Å². The summed E-state index contributed by atoms with van der Waals surface area (Å²) >= 11 is 0. The Morgan fingerprint density at radius 2 is 1.90 bits per heavy atom. The summed E-state index contributed by atoms with van der Waals surface area (Å²) in [4.78, 5) is 37.9. The van der Waals surface area contributed by atoms with Crippen molar-refractivity contribution in [2.24, 2.45) is 5.16 Å². The SMILES string of the molecule is Cc1ccc(C)c(N(C(=O)c2ccc(C3=NOC(C)(C)C3=O)cc2)[C@@H]2CCCNC2)n1. The number of Topliss-reactive ketones (excluding diaryl/α,β-unsaturated/α-hetero) is 1. The van der Waals surface area contributed by atoms with E-state index in [0.29, 0.717) is 16.9 Å². The Morgan fingerprint density at radius 1 is 1.16 bits per heavy atom. The molecule has 0 bridgehead atoms. The molecule has 1 fully saturated rings. The van der Waals surface area contributed by atoms with Gasteiger partial charge in [-0.15, -0.1) is 0 Å². The molecule has 1 saturated heterocycles. The van der Waals surface area contributed by atoms with Gasteiger partial charge in [0, 0.05) is 23.4 Å². The molecule has 7 nitrogen and oxygen atoms in total. The standard InChI is InChI=1S/C24H28N4O3/c1-15-7-8-16(2)26-22(15)28(19-6-5-13-25-14-19)23(30)18-11-9-17(10-12-18)20-21(29)24(3,4)31-27-20/h7-12,19,25H,5-6,13-14H2,1-4H3/t19-/m1/s1. The smallest absolute Gasteiger partial charge is 0.259 e. The zero-order valence-corrected chi connectivity index (χ0v) is 18.4. The molecule has 3 heterocycles. The summed E-state index contributed by atoms with van der Waals surface area (Å²) in [7, 11) is 0. The molecule has 1 N–H and O–H groups in total. The van der Waals surface area contributed by atoms with Gasteiger partial charge in [-0.1, -0.05) is 23.4 Å². The van der Waals surface area contributed by atoms with Crippen molar-refractivity contribution < 1.29 is 14.4 Å². The van der Waals surface area contributed by atoms with Crippen LogP contribution in [0.3, 0.4) is 0 Å². The van der Waals surface area contributed by atoms with Crippen LogP contribution in [0.2, 0.25) is 0 Å². The summed E-state index contributed by atoms with van der Waals surface area (Å²) in [5.41, 5.74) is 2.35. The monoisotopic (exact) mass is 420 g/mol. The first-order valence-electron chi connectivity index (χ1n) is 10.7. The van der Waals surface area contributed by atoms with E-state index < -0.39 is 5.60 Å². The number of anilines is 1. The number of hydrogen-bond acceptors (Lipinski definition) is 6. The topological polar surface area (TPSA) is 83.9 Å². The highest BCUT2D eigenvalue weighted by atomic mass is 16.7. The van der Waals surface area contributed by atoms with Gasteiger partial charge in [0.15, 0.2) is 11.3 Å². The van der Waals surface area contributed by atoms with Gasteiger partial charge in [-0.05, 0) is 70.8 Å². The predicted octanol–water partition coefficient (Wildman–Crippen LogP) is 3.18. The highest BCUT2D eigenvalue weighted by molar-refractivity contribution is 6.49. The number of pyridine rings is 1. The molecule has 1 aromatic carbocycles. The lowest BCUT2D eigenvalue weighted by Crippen LogP contribution is -2.49. The lowest BCUT2D eigenvalue weighted by atomic mass is 9.95. The van der Waals surface area contributed by atoms with Crippen LogP contribution in [0.5, 0.6) is 0 Å². The van der Waals surface area contributed by atoms with E-state index in [0.717, 1.165) is 37.2 Å². The van der Waals surface area contributed by atoms with Crippen LogP contribution in [0.4, 0.5) is 5.82 Å². The fourth-order valence-electron chi connectivity index (χ4n) is 3.97. The minimum Gasteiger partial charge on any atom is -0.381 e. The summed E-state index contributed by atoms with van der Waals surface area (Å²) in [6.45, 7) is 8.99. The van der Waals surface area contributed by atoms with Gasteiger partial charge in [0.25, 0.3) is 5.91 Å². The lowest BCUT2D eigenvalue weighted by molar-refractivity contribution is -0.128. The van der Waals surface area contributed by atoms with Gasteiger partial charge in [0.1, 0.15) is 5.82 Å². The Morgan fingerprint density at radius 3 is 2.52 bits per heavy atom. The first-order chi connectivity index (χ1) is 14.8. The summed E-state index contributed by atoms with van der Waals surface area (Å²) in [6.07, 6.45) is 1.93. The maximum Gasteiger partial charge on any atom is 0.259 e. The molecule has 1 aromatic heterocycles. The molecule has 0 saturated carbocycles. The van der Waals surface area contributed by atoms with Gasteiger partial charge < -0.3 is 10.2 Å². The van der Waals surface area contributed by atoms with Crippen LogP contribution in [0.1, 0.15) is 53.9 Å². The number of piperidine rings is 1. The number of aromatic nitrogens is 1. The van der Waals surface area contributed by atoms with E-state index >= 15 is 0 Å². The first-order valence-corrected chi connectivity index (χ1v) is 10.7. The third-order valence-corrected chi connectivity index (χ3v) is 5.82. The van der Waals surface area contributed by atoms with Crippen LogP contribution < -0.4 is 10.2 Å². The molecular formula is C24H28N4O3. The lowest BCUT2D eigenvalue weighted by Gasteiger charge is -2.35. The first kappa shape index (κ1) is 21.2. The van der Waals surface area contributed by atoms with E-state index in [2.05, 4.69) is 10.5 Å². The summed E-state index contributed by atoms with van der Waals surface area (Å²) in [6, 6.07) is 11.0. The summed E-state index contributed by atoms with van der Waals surface area (Å²) < 4.78 is 0. The largest absolute Gasteiger partial charge is 0.381 e. The van der Waals surface area contributed by atoms with Crippen molar-refractivity contribution in [3.63, 3.8) is 0 Å². The van der Waals surface area contributed by atoms with Crippen molar-refractivity contribution in [1.82, 2.24) is 10.3 Å². The maximum absolute atomic E-state index is 13.6. The van der Waals surface area contributed by atoms with Gasteiger partial charge in [-0.25, -0.2) is 4.98 Å². The van der Waals surface area contributed by atoms with E-state index in [-0.39, 0.29) is 23.4 Å². The normalized spacial score (nSPS) is 20.2. The van der Waals surface area contributed by atoms with E-state index in [1.165, 1.54) is 0 Å². The molecule has 4 rings (SSSR count). The zero-order chi connectivity index (χ0) is 22.2. The quantitative estimate of drug-likeness (QED) is 0.821. The molecule has 0 unspecified atom stereocenters. The Bertz CT molecular complexity index is 1040. The molecule has 2 aliphatic rings. The van der Waals surface area contributed by atoms with E-state index in [1.807, 2.05) is 30.9 Å². The fraction of sp³-hybridized carbons (Fsp3) is 0.417. The Labute approximate surface area is 182 Å². The number of oxime groups is 1. The third kappa shape index (κ3) is 4.10. The predicted molar refractivity (Wildman–Crippen MR) is 120 cm³/mol. The van der Waals surface area contributed by atoms with Crippen LogP contribution in [-0.2, 0) is 9.63 Å². The summed E-state index contributed by atoms with van der Waals surface area (Å²) in [5, 5.41) is 7.34. The molecule has 1 amide bonds. The highest BCUT2D eigenvalue weighted by Crippen LogP contribution is 2.27. The highest BCUT2D eigenvalue weighted by Gasteiger charge is 2.40. The zero-order valence-electron chi connectivity index (χ0n) is 18.4. The van der Waals surface area contributed by atoms with Crippen LogP contribution in [-0.4, -0.2) is 47.1 Å². The second-order valence-electron chi connectivity index (χ2n) is 8.72. The Hall–Kier alpha value is -3.06. The number of nitrogens with zero attached hydrogens (tertiary/aromatic N) is 3. The van der Waals surface area contributed by atoms with Crippen molar-refractivity contribution >= 4 is 23.2 Å². The molecule has 162 valence electrons. The van der Waals surface area contributed by atoms with Gasteiger partial charge in [0.2, 0.25) is 5.78 Å². The minimum atomic E-state index is -0.955. The van der Waals surface area contributed by atoms with Crippen molar-refractivity contribution in [2.75, 3.05) is 18.0 Å². The fourth-order valence-corrected chi connectivity index (χ4v) is 3.97. The van der Waals surface area contributed by atoms with Crippen molar-refractivity contribution in [2.45, 2.75) is 52.2 Å². The molecule has 2 aromatic rings. The van der Waals surface area contributed by atoms with Gasteiger partial charge in [-0.2, -0.15) is 0 Å². The molecule has 7 heteroatoms. The molecule has 2 aliphatic heterocycles. The molecule has 31 heavy (non-hydrogen) atoms. The van der Waals surface area contributed by atoms with Crippen LogP contribution in [0, 0.1) is 13.8 Å². The Kier molecular flexibility index (Phi) is 5.62. The number of benzene rings is 1. The molecule has 1 atom stereocenters. The molecule has 0 aliphatic carbocycles. The number of carbonyl (C=O) groups excluding carboxylic acids is 2. The number of aryl methyl sites for hydroxylation is 2. The van der Waals surface area contributed by atoms with E-state index in [4.69, 9.17) is 9.82 Å². The number of amides is 1. The van der Waals surface area contributed by atoms with Crippen LogP contribution in [0.25, 0.3) is 0 Å². The van der Waals surface area contributed by atoms with Gasteiger partial charge in [-0.3, -0.25) is 14.5 Å². The number of carbonyl (C=O) groups is 2. The Balaban J connectivity index is 1.66. The van der Waals surface area contributed by atoms with E-state index in [1.54, 1.807) is 38.1 Å². The van der Waals surface area contributed by atoms with Crippen LogP contribution in [0.15, 0.2) is 41.6 Å².